The predicted octanol–water partition coefficient (Wildman–Crippen LogP) is 19.1. The van der Waals surface area contributed by atoms with Gasteiger partial charge in [0.05, 0.1) is 25.4 Å². The maximum Gasteiger partial charge on any atom is 0.305 e. The zero-order valence-electron chi connectivity index (χ0n) is 45.7. The minimum absolute atomic E-state index is 0.0169. The van der Waals surface area contributed by atoms with Crippen molar-refractivity contribution in [2.75, 3.05) is 13.2 Å². The third kappa shape index (κ3) is 54.0. The molecule has 0 heterocycles. The van der Waals surface area contributed by atoms with Crippen molar-refractivity contribution in [1.29, 1.82) is 0 Å². The largest absolute Gasteiger partial charge is 0.466 e. The monoisotopic (exact) mass is 948 g/mol. The third-order valence-corrected chi connectivity index (χ3v) is 14.7. The van der Waals surface area contributed by atoms with Crippen LogP contribution in [0.15, 0.2) is 0 Å². The van der Waals surface area contributed by atoms with Gasteiger partial charge >= 0.3 is 5.97 Å². The minimum atomic E-state index is -0.661. The topological polar surface area (TPSA) is 95.9 Å². The van der Waals surface area contributed by atoms with Crippen molar-refractivity contribution in [1.82, 2.24) is 5.32 Å². The van der Waals surface area contributed by atoms with E-state index in [4.69, 9.17) is 4.74 Å². The number of nitrogens with one attached hydrogen (secondary N) is 1. The number of carbonyl (C=O) groups is 2. The molecule has 6 nitrogen and oxygen atoms in total. The lowest BCUT2D eigenvalue weighted by molar-refractivity contribution is -0.143. The predicted molar refractivity (Wildman–Crippen MR) is 292 cm³/mol. The van der Waals surface area contributed by atoms with Gasteiger partial charge in [0.15, 0.2) is 0 Å². The average molecular weight is 949 g/mol. The second-order valence-corrected chi connectivity index (χ2v) is 21.4. The van der Waals surface area contributed by atoms with Crippen LogP contribution in [0.25, 0.3) is 0 Å². The lowest BCUT2D eigenvalue weighted by Crippen LogP contribution is -2.45. The summed E-state index contributed by atoms with van der Waals surface area (Å²) < 4.78 is 5.47. The summed E-state index contributed by atoms with van der Waals surface area (Å²) in [6.45, 7) is 4.98. The first-order chi connectivity index (χ1) is 33.0. The smallest absolute Gasteiger partial charge is 0.305 e. The number of rotatable bonds is 58. The highest BCUT2D eigenvalue weighted by molar-refractivity contribution is 5.76. The lowest BCUT2D eigenvalue weighted by Gasteiger charge is -2.22. The molecule has 0 rings (SSSR count). The maximum absolute atomic E-state index is 12.5. The maximum atomic E-state index is 12.5. The van der Waals surface area contributed by atoms with E-state index in [2.05, 4.69) is 19.2 Å². The van der Waals surface area contributed by atoms with Crippen molar-refractivity contribution in [3.8, 4) is 0 Å². The summed E-state index contributed by atoms with van der Waals surface area (Å²) in [5, 5.41) is 23.3. The highest BCUT2D eigenvalue weighted by Gasteiger charge is 2.20. The van der Waals surface area contributed by atoms with E-state index in [0.29, 0.717) is 25.9 Å². The first-order valence-corrected chi connectivity index (χ1v) is 30.8. The molecule has 0 saturated heterocycles. The fourth-order valence-corrected chi connectivity index (χ4v) is 9.94. The van der Waals surface area contributed by atoms with Crippen LogP contribution in [0.1, 0.15) is 354 Å². The molecule has 3 N–H and O–H groups in total. The molecule has 0 radical (unpaired) electrons. The van der Waals surface area contributed by atoms with E-state index in [1.165, 1.54) is 283 Å². The molecule has 0 saturated carbocycles. The van der Waals surface area contributed by atoms with Crippen molar-refractivity contribution in [3.05, 3.63) is 0 Å². The SMILES string of the molecule is CCCCCCCCCCCCCCCCC(O)C(CO)NC(=O)CCCCCCCCCCCCCCCCCCCCCCCCCCCOC(=O)CCCCCCCCCCCCC. The molecule has 0 aliphatic heterocycles. The summed E-state index contributed by atoms with van der Waals surface area (Å²) in [4.78, 5) is 24.5. The Balaban J connectivity index is 3.34. The quantitative estimate of drug-likeness (QED) is 0.0417. The minimum Gasteiger partial charge on any atom is -0.466 e. The van der Waals surface area contributed by atoms with Crippen LogP contribution < -0.4 is 5.32 Å². The first kappa shape index (κ1) is 65.9. The van der Waals surface area contributed by atoms with Crippen LogP contribution in [0, 0.1) is 0 Å². The van der Waals surface area contributed by atoms with Crippen molar-refractivity contribution in [2.24, 2.45) is 0 Å². The number of aliphatic hydroxyl groups is 2. The van der Waals surface area contributed by atoms with Crippen molar-refractivity contribution < 1.29 is 24.5 Å². The first-order valence-electron chi connectivity index (χ1n) is 30.8. The van der Waals surface area contributed by atoms with Crippen molar-refractivity contribution in [2.45, 2.75) is 366 Å². The summed E-state index contributed by atoms with van der Waals surface area (Å²) in [5.41, 5.74) is 0. The summed E-state index contributed by atoms with van der Waals surface area (Å²) in [5.74, 6) is -0.0137. The standard InChI is InChI=1S/C61H121NO5/c1-3-5-7-9-11-13-15-16-30-34-37-41-45-49-53-59(64)58(57-63)62-60(65)54-50-46-42-38-35-31-28-26-24-22-20-18-17-19-21-23-25-27-29-32-36-40-44-48-52-56-67-61(66)55-51-47-43-39-33-14-12-10-8-6-4-2/h58-59,63-64H,3-57H2,1-2H3,(H,62,65). The van der Waals surface area contributed by atoms with Gasteiger partial charge in [0.2, 0.25) is 5.91 Å². The van der Waals surface area contributed by atoms with Crippen LogP contribution >= 0.6 is 0 Å². The van der Waals surface area contributed by atoms with Gasteiger partial charge in [-0.3, -0.25) is 9.59 Å². The number of hydrogen-bond acceptors (Lipinski definition) is 5. The number of aliphatic hydroxyl groups excluding tert-OH is 2. The molecule has 0 fully saturated rings. The molecule has 67 heavy (non-hydrogen) atoms. The van der Waals surface area contributed by atoms with Gasteiger partial charge in [0, 0.05) is 12.8 Å². The van der Waals surface area contributed by atoms with Crippen LogP contribution in [0.5, 0.6) is 0 Å². The highest BCUT2D eigenvalue weighted by Crippen LogP contribution is 2.18. The van der Waals surface area contributed by atoms with Gasteiger partial charge in [-0.2, -0.15) is 0 Å². The molecule has 0 aliphatic rings. The van der Waals surface area contributed by atoms with E-state index in [0.717, 1.165) is 38.5 Å². The molecule has 6 heteroatoms. The van der Waals surface area contributed by atoms with Gasteiger partial charge in [0.1, 0.15) is 0 Å². The molecule has 2 atom stereocenters. The Kier molecular flexibility index (Phi) is 56.5. The fraction of sp³-hybridized carbons (Fsp3) is 0.967. The molecule has 0 aromatic rings. The molecular weight excluding hydrogens is 827 g/mol. The zero-order valence-corrected chi connectivity index (χ0v) is 45.7. The summed E-state index contributed by atoms with van der Waals surface area (Å²) in [6, 6.07) is -0.538. The third-order valence-electron chi connectivity index (χ3n) is 14.7. The van der Waals surface area contributed by atoms with Crippen LogP contribution in [-0.2, 0) is 14.3 Å². The molecule has 0 spiro atoms. The highest BCUT2D eigenvalue weighted by atomic mass is 16.5. The van der Waals surface area contributed by atoms with Crippen LogP contribution in [0.4, 0.5) is 0 Å². The number of amides is 1. The van der Waals surface area contributed by atoms with Crippen LogP contribution in [-0.4, -0.2) is 47.4 Å². The number of ether oxygens (including phenoxy) is 1. The van der Waals surface area contributed by atoms with Gasteiger partial charge in [-0.25, -0.2) is 0 Å². The average Bonchev–Trinajstić information content (AvgIpc) is 3.33. The van der Waals surface area contributed by atoms with Crippen molar-refractivity contribution in [3.63, 3.8) is 0 Å². The number of unbranched alkanes of at least 4 members (excludes halogenated alkanes) is 47. The van der Waals surface area contributed by atoms with Crippen LogP contribution in [0.2, 0.25) is 0 Å². The molecule has 0 aromatic carbocycles. The Morgan fingerprint density at radius 3 is 0.910 bits per heavy atom. The summed E-state index contributed by atoms with van der Waals surface area (Å²) in [6.07, 6.45) is 66.9. The lowest BCUT2D eigenvalue weighted by atomic mass is 10.0. The van der Waals surface area contributed by atoms with E-state index in [1.54, 1.807) is 0 Å². The Morgan fingerprint density at radius 2 is 0.612 bits per heavy atom. The Bertz CT molecular complexity index is 959. The van der Waals surface area contributed by atoms with E-state index < -0.39 is 12.1 Å². The molecular formula is C61H121NO5. The van der Waals surface area contributed by atoms with E-state index in [9.17, 15) is 19.8 Å². The van der Waals surface area contributed by atoms with Gasteiger partial charge < -0.3 is 20.3 Å². The number of carbonyl (C=O) groups excluding carboxylic acids is 2. The van der Waals surface area contributed by atoms with Crippen molar-refractivity contribution >= 4 is 11.9 Å². The van der Waals surface area contributed by atoms with Gasteiger partial charge in [-0.15, -0.1) is 0 Å². The molecule has 400 valence electrons. The number of hydrogen-bond donors (Lipinski definition) is 3. The summed E-state index contributed by atoms with van der Waals surface area (Å²) >= 11 is 0. The fourth-order valence-electron chi connectivity index (χ4n) is 9.94. The zero-order chi connectivity index (χ0) is 48.6. The normalized spacial score (nSPS) is 12.5. The molecule has 2 unspecified atom stereocenters. The molecule has 0 bridgehead atoms. The Labute approximate surface area is 419 Å². The van der Waals surface area contributed by atoms with Gasteiger partial charge in [-0.1, -0.05) is 316 Å². The Hall–Kier alpha value is -1.14. The van der Waals surface area contributed by atoms with Gasteiger partial charge in [-0.05, 0) is 25.7 Å². The summed E-state index contributed by atoms with van der Waals surface area (Å²) in [7, 11) is 0. The molecule has 0 aromatic heterocycles. The second-order valence-electron chi connectivity index (χ2n) is 21.4. The van der Waals surface area contributed by atoms with E-state index in [1.807, 2.05) is 0 Å². The van der Waals surface area contributed by atoms with E-state index >= 15 is 0 Å². The molecule has 1 amide bonds. The number of esters is 1. The molecule has 0 aliphatic carbocycles. The Morgan fingerprint density at radius 1 is 0.358 bits per heavy atom. The van der Waals surface area contributed by atoms with Gasteiger partial charge in [0.25, 0.3) is 0 Å². The van der Waals surface area contributed by atoms with E-state index in [-0.39, 0.29) is 18.5 Å². The second kappa shape index (κ2) is 57.4. The van der Waals surface area contributed by atoms with Crippen LogP contribution in [0.3, 0.4) is 0 Å².